The van der Waals surface area contributed by atoms with Gasteiger partial charge in [-0.1, -0.05) is 36.4 Å². The molecule has 0 saturated heterocycles. The van der Waals surface area contributed by atoms with Gasteiger partial charge in [-0.25, -0.2) is 0 Å². The number of hydrogen-bond donors (Lipinski definition) is 1. The van der Waals surface area contributed by atoms with Gasteiger partial charge in [0.2, 0.25) is 5.91 Å². The maximum atomic E-state index is 12.3. The lowest BCUT2D eigenvalue weighted by Gasteiger charge is -2.19. The average Bonchev–Trinajstić information content (AvgIpc) is 2.80. The summed E-state index contributed by atoms with van der Waals surface area (Å²) in [6.07, 6.45) is 0. The molecule has 2 aromatic rings. The van der Waals surface area contributed by atoms with Crippen LogP contribution in [0.1, 0.15) is 44.8 Å². The van der Waals surface area contributed by atoms with Gasteiger partial charge >= 0.3 is 0 Å². The molecule has 2 aromatic carbocycles. The molecule has 0 spiro atoms. The second kappa shape index (κ2) is 6.28. The molecule has 1 aliphatic rings. The van der Waals surface area contributed by atoms with Crippen LogP contribution in [0.4, 0.5) is 0 Å². The van der Waals surface area contributed by atoms with Crippen molar-refractivity contribution < 1.29 is 14.4 Å². The molecule has 0 bridgehead atoms. The average molecular weight is 322 g/mol. The van der Waals surface area contributed by atoms with Crippen molar-refractivity contribution in [2.24, 2.45) is 0 Å². The largest absolute Gasteiger partial charge is 0.348 e. The minimum Gasteiger partial charge on any atom is -0.348 e. The minimum absolute atomic E-state index is 0.200. The molecule has 0 saturated carbocycles. The van der Waals surface area contributed by atoms with E-state index >= 15 is 0 Å². The SMILES string of the molecule is Cc1ccccc1[C@@H](C)NC(=O)CN1C(=O)c2ccccc2C1=O. The van der Waals surface area contributed by atoms with E-state index < -0.39 is 11.8 Å². The Labute approximate surface area is 140 Å². The van der Waals surface area contributed by atoms with E-state index in [1.807, 2.05) is 38.1 Å². The number of rotatable bonds is 4. The minimum atomic E-state index is -0.422. The number of imide groups is 1. The van der Waals surface area contributed by atoms with Crippen molar-refractivity contribution in [2.45, 2.75) is 19.9 Å². The van der Waals surface area contributed by atoms with Crippen LogP contribution in [0.15, 0.2) is 48.5 Å². The van der Waals surface area contributed by atoms with Gasteiger partial charge in [-0.3, -0.25) is 19.3 Å². The molecular formula is C19H18N2O3. The molecule has 3 amide bonds. The van der Waals surface area contributed by atoms with E-state index in [9.17, 15) is 14.4 Å². The molecule has 0 unspecified atom stereocenters. The number of nitrogens with zero attached hydrogens (tertiary/aromatic N) is 1. The van der Waals surface area contributed by atoms with E-state index in [0.717, 1.165) is 16.0 Å². The normalized spacial score (nSPS) is 14.5. The number of aryl methyl sites for hydroxylation is 1. The van der Waals surface area contributed by atoms with Crippen molar-refractivity contribution in [2.75, 3.05) is 6.54 Å². The Balaban J connectivity index is 1.69. The Morgan fingerprint density at radius 1 is 1.00 bits per heavy atom. The van der Waals surface area contributed by atoms with Crippen LogP contribution in [0.25, 0.3) is 0 Å². The third kappa shape index (κ3) is 2.80. The van der Waals surface area contributed by atoms with E-state index in [2.05, 4.69) is 5.32 Å². The number of amides is 3. The fourth-order valence-corrected chi connectivity index (χ4v) is 2.96. The molecule has 0 radical (unpaired) electrons. The van der Waals surface area contributed by atoms with Gasteiger partial charge in [-0.05, 0) is 37.1 Å². The highest BCUT2D eigenvalue weighted by molar-refractivity contribution is 6.22. The fourth-order valence-electron chi connectivity index (χ4n) is 2.96. The molecule has 0 aromatic heterocycles. The second-order valence-corrected chi connectivity index (χ2v) is 5.89. The third-order valence-electron chi connectivity index (χ3n) is 4.21. The molecule has 5 heteroatoms. The van der Waals surface area contributed by atoms with E-state index in [1.165, 1.54) is 0 Å². The zero-order chi connectivity index (χ0) is 17.3. The summed E-state index contributed by atoms with van der Waals surface area (Å²) in [6, 6.07) is 14.2. The fraction of sp³-hybridized carbons (Fsp3) is 0.211. The number of nitrogens with one attached hydrogen (secondary N) is 1. The smallest absolute Gasteiger partial charge is 0.262 e. The molecule has 1 atom stereocenters. The van der Waals surface area contributed by atoms with Crippen LogP contribution in [-0.4, -0.2) is 29.2 Å². The summed E-state index contributed by atoms with van der Waals surface area (Å²) in [7, 11) is 0. The first-order chi connectivity index (χ1) is 11.5. The van der Waals surface area contributed by atoms with Crippen LogP contribution >= 0.6 is 0 Å². The van der Waals surface area contributed by atoms with Crippen LogP contribution in [0, 0.1) is 6.92 Å². The molecule has 0 fully saturated rings. The summed E-state index contributed by atoms with van der Waals surface area (Å²) >= 11 is 0. The van der Waals surface area contributed by atoms with Crippen molar-refractivity contribution in [3.8, 4) is 0 Å². The van der Waals surface area contributed by atoms with Crippen LogP contribution in [0.5, 0.6) is 0 Å². The Kier molecular flexibility index (Phi) is 4.16. The standard InChI is InChI=1S/C19H18N2O3/c1-12-7-3-4-8-14(12)13(2)20-17(22)11-21-18(23)15-9-5-6-10-16(15)19(21)24/h3-10,13H,11H2,1-2H3,(H,20,22)/t13-/m1/s1. The Hall–Kier alpha value is -2.95. The van der Waals surface area contributed by atoms with Crippen LogP contribution in [-0.2, 0) is 4.79 Å². The molecule has 24 heavy (non-hydrogen) atoms. The number of fused-ring (bicyclic) bond motifs is 1. The maximum Gasteiger partial charge on any atom is 0.262 e. The van der Waals surface area contributed by atoms with Crippen LogP contribution in [0.3, 0.4) is 0 Å². The first kappa shape index (κ1) is 15.9. The molecule has 1 aliphatic heterocycles. The lowest BCUT2D eigenvalue weighted by molar-refractivity contribution is -0.122. The predicted molar refractivity (Wildman–Crippen MR) is 89.5 cm³/mol. The molecule has 122 valence electrons. The van der Waals surface area contributed by atoms with Gasteiger partial charge in [0.05, 0.1) is 17.2 Å². The topological polar surface area (TPSA) is 66.5 Å². The summed E-state index contributed by atoms with van der Waals surface area (Å²) in [4.78, 5) is 37.8. The summed E-state index contributed by atoms with van der Waals surface area (Å²) in [5, 5.41) is 2.85. The second-order valence-electron chi connectivity index (χ2n) is 5.89. The molecule has 5 nitrogen and oxygen atoms in total. The first-order valence-electron chi connectivity index (χ1n) is 7.79. The monoisotopic (exact) mass is 322 g/mol. The van der Waals surface area contributed by atoms with E-state index in [0.29, 0.717) is 11.1 Å². The zero-order valence-corrected chi connectivity index (χ0v) is 13.6. The zero-order valence-electron chi connectivity index (χ0n) is 13.6. The van der Waals surface area contributed by atoms with Crippen LogP contribution in [0.2, 0.25) is 0 Å². The van der Waals surface area contributed by atoms with E-state index in [4.69, 9.17) is 0 Å². The number of carbonyl (C=O) groups excluding carboxylic acids is 3. The summed E-state index contributed by atoms with van der Waals surface area (Å²) < 4.78 is 0. The third-order valence-corrected chi connectivity index (χ3v) is 4.21. The number of carbonyl (C=O) groups is 3. The van der Waals surface area contributed by atoms with Crippen molar-refractivity contribution in [1.82, 2.24) is 10.2 Å². The van der Waals surface area contributed by atoms with Gasteiger partial charge in [0, 0.05) is 0 Å². The summed E-state index contributed by atoms with van der Waals surface area (Å²) in [5.74, 6) is -1.20. The van der Waals surface area contributed by atoms with Gasteiger partial charge in [-0.2, -0.15) is 0 Å². The van der Waals surface area contributed by atoms with Crippen LogP contribution < -0.4 is 5.32 Å². The number of benzene rings is 2. The first-order valence-corrected chi connectivity index (χ1v) is 7.79. The van der Waals surface area contributed by atoms with Crippen molar-refractivity contribution in [1.29, 1.82) is 0 Å². The number of hydrogen-bond acceptors (Lipinski definition) is 3. The van der Waals surface area contributed by atoms with E-state index in [-0.39, 0.29) is 18.5 Å². The highest BCUT2D eigenvalue weighted by Crippen LogP contribution is 2.22. The van der Waals surface area contributed by atoms with Gasteiger partial charge in [0.25, 0.3) is 11.8 Å². The maximum absolute atomic E-state index is 12.3. The molecule has 1 heterocycles. The Morgan fingerprint density at radius 3 is 2.12 bits per heavy atom. The van der Waals surface area contributed by atoms with Gasteiger partial charge in [-0.15, -0.1) is 0 Å². The molecular weight excluding hydrogens is 304 g/mol. The van der Waals surface area contributed by atoms with E-state index in [1.54, 1.807) is 24.3 Å². The summed E-state index contributed by atoms with van der Waals surface area (Å²) in [5.41, 5.74) is 2.78. The molecule has 0 aliphatic carbocycles. The molecule has 3 rings (SSSR count). The predicted octanol–water partition coefficient (Wildman–Crippen LogP) is 2.47. The highest BCUT2D eigenvalue weighted by atomic mass is 16.2. The van der Waals surface area contributed by atoms with Crippen molar-refractivity contribution in [3.63, 3.8) is 0 Å². The van der Waals surface area contributed by atoms with Gasteiger partial charge in [0.1, 0.15) is 6.54 Å². The quantitative estimate of drug-likeness (QED) is 0.879. The van der Waals surface area contributed by atoms with Crippen molar-refractivity contribution in [3.05, 3.63) is 70.8 Å². The lowest BCUT2D eigenvalue weighted by atomic mass is 10.0. The van der Waals surface area contributed by atoms with Gasteiger partial charge in [0.15, 0.2) is 0 Å². The Bertz CT molecular complexity index is 794. The lowest BCUT2D eigenvalue weighted by Crippen LogP contribution is -2.41. The van der Waals surface area contributed by atoms with Gasteiger partial charge < -0.3 is 5.32 Å². The van der Waals surface area contributed by atoms with Crippen molar-refractivity contribution >= 4 is 17.7 Å². The Morgan fingerprint density at radius 2 is 1.54 bits per heavy atom. The highest BCUT2D eigenvalue weighted by Gasteiger charge is 2.36. The summed E-state index contributed by atoms with van der Waals surface area (Å²) in [6.45, 7) is 3.58. The molecule has 1 N–H and O–H groups in total.